The minimum atomic E-state index is -0.409. The molecule has 108 valence electrons. The van der Waals surface area contributed by atoms with Crippen molar-refractivity contribution in [2.24, 2.45) is 5.10 Å². The number of halogens is 1. The van der Waals surface area contributed by atoms with Crippen LogP contribution in [-0.4, -0.2) is 29.3 Å². The standard InChI is InChI=1S/C14H12ClN3O3/c1-21-12-6-11(15)5-10(13(12)19)8-17-18-14(20)9-3-2-4-16-7-9/h2-8,19H,1H3,(H,18,20). The van der Waals surface area contributed by atoms with Gasteiger partial charge in [-0.2, -0.15) is 5.10 Å². The van der Waals surface area contributed by atoms with Crippen molar-refractivity contribution >= 4 is 23.7 Å². The smallest absolute Gasteiger partial charge is 0.272 e. The maximum Gasteiger partial charge on any atom is 0.272 e. The second kappa shape index (κ2) is 6.71. The molecule has 2 rings (SSSR count). The van der Waals surface area contributed by atoms with Crippen molar-refractivity contribution in [1.82, 2.24) is 10.4 Å². The third kappa shape index (κ3) is 3.70. The third-order valence-corrected chi connectivity index (χ3v) is 2.80. The fraction of sp³-hybridized carbons (Fsp3) is 0.0714. The maximum absolute atomic E-state index is 11.7. The maximum atomic E-state index is 11.7. The van der Waals surface area contributed by atoms with Crippen LogP contribution in [0.1, 0.15) is 15.9 Å². The van der Waals surface area contributed by atoms with Crippen molar-refractivity contribution in [3.63, 3.8) is 0 Å². The summed E-state index contributed by atoms with van der Waals surface area (Å²) < 4.78 is 4.97. The number of carbonyl (C=O) groups is 1. The number of amides is 1. The first-order chi connectivity index (χ1) is 10.1. The van der Waals surface area contributed by atoms with Crippen LogP contribution in [0.3, 0.4) is 0 Å². The number of hydrazone groups is 1. The first kappa shape index (κ1) is 14.8. The van der Waals surface area contributed by atoms with Crippen LogP contribution in [0.4, 0.5) is 0 Å². The molecule has 0 radical (unpaired) electrons. The molecule has 0 aliphatic carbocycles. The number of phenolic OH excluding ortho intramolecular Hbond substituents is 1. The SMILES string of the molecule is COc1cc(Cl)cc(C=NNC(=O)c2cccnc2)c1O. The van der Waals surface area contributed by atoms with Gasteiger partial charge in [0.05, 0.1) is 18.9 Å². The molecular formula is C14H12ClN3O3. The highest BCUT2D eigenvalue weighted by atomic mass is 35.5. The van der Waals surface area contributed by atoms with Gasteiger partial charge in [0.1, 0.15) is 0 Å². The fourth-order valence-corrected chi connectivity index (χ4v) is 1.79. The summed E-state index contributed by atoms with van der Waals surface area (Å²) in [5.41, 5.74) is 3.03. The van der Waals surface area contributed by atoms with E-state index in [9.17, 15) is 9.90 Å². The van der Waals surface area contributed by atoms with Gasteiger partial charge in [-0.05, 0) is 18.2 Å². The topological polar surface area (TPSA) is 83.8 Å². The highest BCUT2D eigenvalue weighted by Gasteiger charge is 2.08. The molecule has 0 aliphatic heterocycles. The van der Waals surface area contributed by atoms with Gasteiger partial charge < -0.3 is 9.84 Å². The summed E-state index contributed by atoms with van der Waals surface area (Å²) in [7, 11) is 1.41. The minimum Gasteiger partial charge on any atom is -0.504 e. The Labute approximate surface area is 126 Å². The summed E-state index contributed by atoms with van der Waals surface area (Å²) in [6.45, 7) is 0. The number of nitrogens with one attached hydrogen (secondary N) is 1. The predicted octanol–water partition coefficient (Wildman–Crippen LogP) is 2.21. The number of hydrogen-bond donors (Lipinski definition) is 2. The van der Waals surface area contributed by atoms with Crippen LogP contribution in [0, 0.1) is 0 Å². The quantitative estimate of drug-likeness (QED) is 0.670. The van der Waals surface area contributed by atoms with Gasteiger partial charge in [-0.15, -0.1) is 0 Å². The van der Waals surface area contributed by atoms with E-state index in [2.05, 4.69) is 15.5 Å². The van der Waals surface area contributed by atoms with Crippen LogP contribution >= 0.6 is 11.6 Å². The van der Waals surface area contributed by atoms with Crippen LogP contribution in [0.25, 0.3) is 0 Å². The van der Waals surface area contributed by atoms with Gasteiger partial charge in [0.15, 0.2) is 11.5 Å². The lowest BCUT2D eigenvalue weighted by molar-refractivity contribution is 0.0954. The Kier molecular flexibility index (Phi) is 4.73. The van der Waals surface area contributed by atoms with Gasteiger partial charge in [0.2, 0.25) is 0 Å². The summed E-state index contributed by atoms with van der Waals surface area (Å²) >= 11 is 5.89. The molecule has 1 aromatic heterocycles. The molecular weight excluding hydrogens is 294 g/mol. The second-order valence-corrected chi connectivity index (χ2v) is 4.42. The number of benzene rings is 1. The lowest BCUT2D eigenvalue weighted by Crippen LogP contribution is -2.17. The average molecular weight is 306 g/mol. The van der Waals surface area contributed by atoms with Crippen LogP contribution in [0.15, 0.2) is 41.8 Å². The molecule has 1 heterocycles. The molecule has 1 aromatic carbocycles. The molecule has 0 atom stereocenters. The van der Waals surface area contributed by atoms with Gasteiger partial charge >= 0.3 is 0 Å². The van der Waals surface area contributed by atoms with Gasteiger partial charge in [0.25, 0.3) is 5.91 Å². The Morgan fingerprint density at radius 2 is 2.33 bits per heavy atom. The Morgan fingerprint density at radius 3 is 3.00 bits per heavy atom. The largest absolute Gasteiger partial charge is 0.504 e. The molecule has 2 aromatic rings. The van der Waals surface area contributed by atoms with Gasteiger partial charge in [-0.3, -0.25) is 9.78 Å². The van der Waals surface area contributed by atoms with Crippen molar-refractivity contribution in [3.05, 3.63) is 52.8 Å². The van der Waals surface area contributed by atoms with Crippen molar-refractivity contribution < 1.29 is 14.6 Å². The number of phenols is 1. The average Bonchev–Trinajstić information content (AvgIpc) is 2.51. The number of pyridine rings is 1. The molecule has 0 saturated heterocycles. The number of hydrogen-bond acceptors (Lipinski definition) is 5. The fourth-order valence-electron chi connectivity index (χ4n) is 1.57. The molecule has 0 saturated carbocycles. The molecule has 1 amide bonds. The Balaban J connectivity index is 2.12. The first-order valence-corrected chi connectivity index (χ1v) is 6.29. The lowest BCUT2D eigenvalue weighted by atomic mass is 10.2. The van der Waals surface area contributed by atoms with Crippen molar-refractivity contribution in [2.75, 3.05) is 7.11 Å². The molecule has 0 unspecified atom stereocenters. The summed E-state index contributed by atoms with van der Waals surface area (Å²) in [4.78, 5) is 15.6. The van der Waals surface area contributed by atoms with E-state index in [-0.39, 0.29) is 11.5 Å². The minimum absolute atomic E-state index is 0.110. The number of aromatic hydroxyl groups is 1. The molecule has 0 spiro atoms. The van der Waals surface area contributed by atoms with E-state index in [0.29, 0.717) is 16.1 Å². The predicted molar refractivity (Wildman–Crippen MR) is 79.0 cm³/mol. The highest BCUT2D eigenvalue weighted by molar-refractivity contribution is 6.31. The van der Waals surface area contributed by atoms with E-state index in [1.165, 1.54) is 31.7 Å². The molecule has 6 nitrogen and oxygen atoms in total. The van der Waals surface area contributed by atoms with E-state index < -0.39 is 5.91 Å². The molecule has 0 aliphatic rings. The number of rotatable bonds is 4. The van der Waals surface area contributed by atoms with E-state index in [1.807, 2.05) is 0 Å². The van der Waals surface area contributed by atoms with E-state index >= 15 is 0 Å². The van der Waals surface area contributed by atoms with E-state index in [4.69, 9.17) is 16.3 Å². The zero-order chi connectivity index (χ0) is 15.2. The highest BCUT2D eigenvalue weighted by Crippen LogP contribution is 2.32. The van der Waals surface area contributed by atoms with Crippen molar-refractivity contribution in [1.29, 1.82) is 0 Å². The number of methoxy groups -OCH3 is 1. The summed E-state index contributed by atoms with van der Waals surface area (Å²) in [5.74, 6) is -0.295. The number of nitrogens with zero attached hydrogens (tertiary/aromatic N) is 2. The Morgan fingerprint density at radius 1 is 1.52 bits per heavy atom. The number of aromatic nitrogens is 1. The van der Waals surface area contributed by atoms with Crippen LogP contribution in [0.2, 0.25) is 5.02 Å². The summed E-state index contributed by atoms with van der Waals surface area (Å²) in [6, 6.07) is 6.23. The van der Waals surface area contributed by atoms with Gasteiger partial charge in [-0.1, -0.05) is 11.6 Å². The van der Waals surface area contributed by atoms with Crippen LogP contribution < -0.4 is 10.2 Å². The first-order valence-electron chi connectivity index (χ1n) is 5.91. The molecule has 0 bridgehead atoms. The van der Waals surface area contributed by atoms with E-state index in [0.717, 1.165) is 0 Å². The Bertz CT molecular complexity index is 675. The molecule has 21 heavy (non-hydrogen) atoms. The van der Waals surface area contributed by atoms with Crippen LogP contribution in [-0.2, 0) is 0 Å². The Hall–Kier alpha value is -2.60. The van der Waals surface area contributed by atoms with Crippen molar-refractivity contribution in [3.8, 4) is 11.5 Å². The zero-order valence-corrected chi connectivity index (χ0v) is 11.8. The molecule has 7 heteroatoms. The third-order valence-electron chi connectivity index (χ3n) is 2.58. The normalized spacial score (nSPS) is 10.6. The van der Waals surface area contributed by atoms with Crippen molar-refractivity contribution in [2.45, 2.75) is 0 Å². The van der Waals surface area contributed by atoms with Gasteiger partial charge in [-0.25, -0.2) is 5.43 Å². The van der Waals surface area contributed by atoms with E-state index in [1.54, 1.807) is 18.3 Å². The summed E-state index contributed by atoms with van der Waals surface area (Å²) in [5, 5.41) is 14.0. The molecule has 2 N–H and O–H groups in total. The number of ether oxygens (including phenoxy) is 1. The summed E-state index contributed by atoms with van der Waals surface area (Å²) in [6.07, 6.45) is 4.26. The zero-order valence-electron chi connectivity index (χ0n) is 11.1. The second-order valence-electron chi connectivity index (χ2n) is 3.99. The van der Waals surface area contributed by atoms with Crippen LogP contribution in [0.5, 0.6) is 11.5 Å². The van der Waals surface area contributed by atoms with Gasteiger partial charge in [0, 0.05) is 29.0 Å². The number of carbonyl (C=O) groups excluding carboxylic acids is 1. The lowest BCUT2D eigenvalue weighted by Gasteiger charge is -2.06. The monoisotopic (exact) mass is 305 g/mol. The molecule has 0 fully saturated rings.